The molecule has 10 heteroatoms. The first kappa shape index (κ1) is 24.3. The van der Waals surface area contributed by atoms with Crippen molar-refractivity contribution in [1.29, 1.82) is 0 Å². The van der Waals surface area contributed by atoms with Crippen molar-refractivity contribution >= 4 is 32.7 Å². The lowest BCUT2D eigenvalue weighted by molar-refractivity contribution is -0.139. The number of fused-ring (bicyclic) bond motifs is 1. The van der Waals surface area contributed by atoms with Crippen LogP contribution >= 0.6 is 11.3 Å². The number of halogens is 3. The zero-order valence-electron chi connectivity index (χ0n) is 18.9. The first-order chi connectivity index (χ1) is 16.1. The highest BCUT2D eigenvalue weighted by Gasteiger charge is 2.33. The van der Waals surface area contributed by atoms with Crippen LogP contribution in [0.15, 0.2) is 42.5 Å². The van der Waals surface area contributed by atoms with Crippen LogP contribution in [0.3, 0.4) is 0 Å². The minimum atomic E-state index is -4.37. The number of piperazine rings is 1. The summed E-state index contributed by atoms with van der Waals surface area (Å²) in [6, 6.07) is 11.3. The van der Waals surface area contributed by atoms with Gasteiger partial charge in [0.15, 0.2) is 11.7 Å². The van der Waals surface area contributed by atoms with Crippen LogP contribution in [0.25, 0.3) is 10.2 Å². The maximum Gasteiger partial charge on any atom is 0.416 e. The van der Waals surface area contributed by atoms with E-state index in [2.05, 4.69) is 28.6 Å². The Balaban J connectivity index is 1.48. The number of aliphatic carboxylic acids is 1. The smallest absolute Gasteiger partial charge is 0.416 e. The Morgan fingerprint density at radius 1 is 1.24 bits per heavy atom. The zero-order chi connectivity index (χ0) is 24.5. The highest BCUT2D eigenvalue weighted by Crippen LogP contribution is 2.37. The van der Waals surface area contributed by atoms with Crippen molar-refractivity contribution in [1.82, 2.24) is 9.88 Å². The Kier molecular flexibility index (Phi) is 6.99. The monoisotopic (exact) mass is 493 g/mol. The van der Waals surface area contributed by atoms with Crippen LogP contribution in [-0.4, -0.2) is 53.2 Å². The second-order valence-electron chi connectivity index (χ2n) is 8.75. The summed E-state index contributed by atoms with van der Waals surface area (Å²) in [5.41, 5.74) is 0.949. The number of aromatic nitrogens is 1. The standard InChI is InChI=1S/C24H26F3N3O3S/c1-15(2)20-13-29(12-16-4-3-5-18(10-16)33-14-22(31)32)8-9-30(20)23-28-19-7-6-17(24(25,26)27)11-21(19)34-23/h3-7,10-11,15,20H,8-9,12-14H2,1-2H3,(H,31,32)/t20-/m1/s1. The first-order valence-electron chi connectivity index (χ1n) is 11.0. The zero-order valence-corrected chi connectivity index (χ0v) is 19.7. The molecule has 0 bridgehead atoms. The van der Waals surface area contributed by atoms with Crippen LogP contribution in [0.2, 0.25) is 0 Å². The van der Waals surface area contributed by atoms with Gasteiger partial charge in [0, 0.05) is 32.2 Å². The number of hydrogen-bond acceptors (Lipinski definition) is 6. The van der Waals surface area contributed by atoms with Crippen molar-refractivity contribution in [2.45, 2.75) is 32.6 Å². The molecule has 0 aliphatic carbocycles. The number of anilines is 1. The Hall–Kier alpha value is -2.85. The molecule has 0 saturated carbocycles. The van der Waals surface area contributed by atoms with Gasteiger partial charge in [-0.05, 0) is 41.8 Å². The lowest BCUT2D eigenvalue weighted by Gasteiger charge is -2.43. The third kappa shape index (κ3) is 5.61. The summed E-state index contributed by atoms with van der Waals surface area (Å²) in [7, 11) is 0. The van der Waals surface area contributed by atoms with Crippen molar-refractivity contribution in [2.75, 3.05) is 31.1 Å². The number of carboxylic acids is 1. The van der Waals surface area contributed by atoms with Crippen LogP contribution < -0.4 is 9.64 Å². The summed E-state index contributed by atoms with van der Waals surface area (Å²) >= 11 is 1.30. The van der Waals surface area contributed by atoms with Gasteiger partial charge in [-0.2, -0.15) is 13.2 Å². The number of carbonyl (C=O) groups is 1. The number of benzene rings is 2. The van der Waals surface area contributed by atoms with Gasteiger partial charge < -0.3 is 14.7 Å². The summed E-state index contributed by atoms with van der Waals surface area (Å²) in [6.45, 7) is 6.84. The van der Waals surface area contributed by atoms with E-state index < -0.39 is 17.7 Å². The van der Waals surface area contributed by atoms with Gasteiger partial charge in [-0.15, -0.1) is 0 Å². The molecule has 2 aromatic carbocycles. The van der Waals surface area contributed by atoms with Crippen LogP contribution in [0.5, 0.6) is 5.75 Å². The molecular weight excluding hydrogens is 467 g/mol. The van der Waals surface area contributed by atoms with Gasteiger partial charge in [-0.1, -0.05) is 37.3 Å². The van der Waals surface area contributed by atoms with Crippen LogP contribution in [0, 0.1) is 5.92 Å². The van der Waals surface area contributed by atoms with E-state index in [9.17, 15) is 18.0 Å². The van der Waals surface area contributed by atoms with Gasteiger partial charge in [0.2, 0.25) is 0 Å². The molecule has 1 aliphatic heterocycles. The second kappa shape index (κ2) is 9.79. The second-order valence-corrected chi connectivity index (χ2v) is 9.76. The predicted octanol–water partition coefficient (Wildman–Crippen LogP) is 5.13. The molecule has 1 saturated heterocycles. The molecule has 0 radical (unpaired) electrons. The first-order valence-corrected chi connectivity index (χ1v) is 11.8. The molecule has 2 heterocycles. The molecule has 1 aliphatic rings. The molecule has 3 aromatic rings. The highest BCUT2D eigenvalue weighted by molar-refractivity contribution is 7.22. The minimum absolute atomic E-state index is 0.155. The van der Waals surface area contributed by atoms with E-state index in [0.717, 1.165) is 29.9 Å². The number of ether oxygens (including phenoxy) is 1. The minimum Gasteiger partial charge on any atom is -0.482 e. The van der Waals surface area contributed by atoms with Gasteiger partial charge in [0.05, 0.1) is 15.8 Å². The molecular formula is C24H26F3N3O3S. The maximum absolute atomic E-state index is 13.1. The number of carboxylic acid groups (broad SMARTS) is 1. The Labute approximate surface area is 199 Å². The molecule has 1 N–H and O–H groups in total. The largest absolute Gasteiger partial charge is 0.482 e. The number of rotatable bonds is 7. The quantitative estimate of drug-likeness (QED) is 0.493. The van der Waals surface area contributed by atoms with E-state index in [1.54, 1.807) is 6.07 Å². The van der Waals surface area contributed by atoms with Crippen molar-refractivity contribution < 1.29 is 27.8 Å². The van der Waals surface area contributed by atoms with E-state index in [1.807, 2.05) is 18.2 Å². The number of thiazole rings is 1. The third-order valence-electron chi connectivity index (χ3n) is 5.89. The summed E-state index contributed by atoms with van der Waals surface area (Å²) in [5.74, 6) is -0.191. The van der Waals surface area contributed by atoms with Gasteiger partial charge in [0.1, 0.15) is 5.75 Å². The number of alkyl halides is 3. The fourth-order valence-corrected chi connectivity index (χ4v) is 5.26. The fourth-order valence-electron chi connectivity index (χ4n) is 4.17. The number of hydrogen-bond donors (Lipinski definition) is 1. The molecule has 6 nitrogen and oxygen atoms in total. The van der Waals surface area contributed by atoms with Gasteiger partial charge in [0.25, 0.3) is 0 Å². The van der Waals surface area contributed by atoms with E-state index in [1.165, 1.54) is 23.5 Å². The van der Waals surface area contributed by atoms with Gasteiger partial charge >= 0.3 is 12.1 Å². The molecule has 0 amide bonds. The lowest BCUT2D eigenvalue weighted by Crippen LogP contribution is -2.55. The van der Waals surface area contributed by atoms with Crippen LogP contribution in [0.1, 0.15) is 25.0 Å². The average molecular weight is 494 g/mol. The van der Waals surface area contributed by atoms with E-state index in [-0.39, 0.29) is 12.6 Å². The maximum atomic E-state index is 13.1. The van der Waals surface area contributed by atoms with Gasteiger partial charge in [-0.25, -0.2) is 9.78 Å². The summed E-state index contributed by atoms with van der Waals surface area (Å²) in [6.07, 6.45) is -4.37. The molecule has 1 atom stereocenters. The highest BCUT2D eigenvalue weighted by atomic mass is 32.1. The third-order valence-corrected chi connectivity index (χ3v) is 6.94. The van der Waals surface area contributed by atoms with E-state index >= 15 is 0 Å². The van der Waals surface area contributed by atoms with Gasteiger partial charge in [-0.3, -0.25) is 4.90 Å². The SMILES string of the molecule is CC(C)[C@H]1CN(Cc2cccc(OCC(=O)O)c2)CCN1c1nc2ccc(C(F)(F)F)cc2s1. The van der Waals surface area contributed by atoms with Crippen molar-refractivity contribution in [3.05, 3.63) is 53.6 Å². The Bertz CT molecular complexity index is 1170. The summed E-state index contributed by atoms with van der Waals surface area (Å²) in [5, 5.41) is 9.56. The Morgan fingerprint density at radius 3 is 2.74 bits per heavy atom. The lowest BCUT2D eigenvalue weighted by atomic mass is 9.99. The van der Waals surface area contributed by atoms with Crippen molar-refractivity contribution in [2.24, 2.45) is 5.92 Å². The average Bonchev–Trinajstić information content (AvgIpc) is 3.20. The van der Waals surface area contributed by atoms with E-state index in [0.29, 0.717) is 35.0 Å². The molecule has 1 aromatic heterocycles. The molecule has 1 fully saturated rings. The predicted molar refractivity (Wildman–Crippen MR) is 125 cm³/mol. The summed E-state index contributed by atoms with van der Waals surface area (Å²) < 4.78 is 45.1. The Morgan fingerprint density at radius 2 is 2.03 bits per heavy atom. The fraction of sp³-hybridized carbons (Fsp3) is 0.417. The van der Waals surface area contributed by atoms with E-state index in [4.69, 9.17) is 9.84 Å². The van der Waals surface area contributed by atoms with Crippen molar-refractivity contribution in [3.63, 3.8) is 0 Å². The molecule has 34 heavy (non-hydrogen) atoms. The van der Waals surface area contributed by atoms with Crippen LogP contribution in [0.4, 0.5) is 18.3 Å². The topological polar surface area (TPSA) is 65.9 Å². The molecule has 0 unspecified atom stereocenters. The summed E-state index contributed by atoms with van der Waals surface area (Å²) in [4.78, 5) is 19.9. The molecule has 0 spiro atoms. The number of nitrogens with zero attached hydrogens (tertiary/aromatic N) is 3. The normalized spacial score (nSPS) is 17.5. The molecule has 4 rings (SSSR count). The van der Waals surface area contributed by atoms with Crippen LogP contribution in [-0.2, 0) is 17.5 Å². The van der Waals surface area contributed by atoms with Crippen molar-refractivity contribution in [3.8, 4) is 5.75 Å². The molecule has 182 valence electrons.